The van der Waals surface area contributed by atoms with E-state index in [0.29, 0.717) is 0 Å². The van der Waals surface area contributed by atoms with Crippen molar-refractivity contribution in [2.24, 2.45) is 0 Å². The van der Waals surface area contributed by atoms with Crippen molar-refractivity contribution in [2.45, 2.75) is 168 Å². The van der Waals surface area contributed by atoms with Crippen LogP contribution in [0.3, 0.4) is 0 Å². The van der Waals surface area contributed by atoms with Gasteiger partial charge >= 0.3 is 193 Å². The number of rotatable bonds is 26. The molecule has 0 aliphatic rings. The summed E-state index contributed by atoms with van der Waals surface area (Å²) in [7, 11) is 0. The second-order valence-corrected chi connectivity index (χ2v) is 27.5. The Labute approximate surface area is 219 Å². The third kappa shape index (κ3) is 25.8. The summed E-state index contributed by atoms with van der Waals surface area (Å²) in [6, 6.07) is 0. The zero-order chi connectivity index (χ0) is 23.8. The molecule has 0 saturated carbocycles. The van der Waals surface area contributed by atoms with Crippen molar-refractivity contribution in [3.63, 3.8) is 0 Å². The maximum atomic E-state index is 2.93. The van der Waals surface area contributed by atoms with Gasteiger partial charge in [-0.1, -0.05) is 26.7 Å². The molecule has 0 heterocycles. The third-order valence-corrected chi connectivity index (χ3v) is 13.7. The molecule has 0 saturated heterocycles. The fraction of sp³-hybridized carbons (Fsp3) is 1.00. The van der Waals surface area contributed by atoms with Crippen LogP contribution in [0.25, 0.3) is 0 Å². The second kappa shape index (κ2) is 22.6. The summed E-state index contributed by atoms with van der Waals surface area (Å²) in [5, 5.41) is 0. The van der Waals surface area contributed by atoms with Crippen molar-refractivity contribution in [2.75, 3.05) is 25.7 Å². The molecule has 2 heteroatoms. The summed E-state index contributed by atoms with van der Waals surface area (Å²) >= 11 is 2.93. The number of unbranched alkanes of at least 4 members (excludes halogenated alkanes) is 22. The molecule has 0 N–H and O–H groups in total. The fourth-order valence-electron chi connectivity index (χ4n) is 4.99. The molecule has 0 atom stereocenters. The van der Waals surface area contributed by atoms with Gasteiger partial charge in [-0.25, -0.2) is 0 Å². The third-order valence-electron chi connectivity index (χ3n) is 7.40. The van der Waals surface area contributed by atoms with Crippen LogP contribution in [0.4, 0.5) is 0 Å². The molecule has 32 heavy (non-hydrogen) atoms. The van der Waals surface area contributed by atoms with Gasteiger partial charge in [0, 0.05) is 0 Å². The van der Waals surface area contributed by atoms with Crippen molar-refractivity contribution in [3.05, 3.63) is 0 Å². The first kappa shape index (κ1) is 33.2. The predicted molar refractivity (Wildman–Crippen MR) is 165 cm³/mol. The normalized spacial score (nSPS) is 13.3. The number of hydrogen-bond donors (Lipinski definition) is 0. The minimum Gasteiger partial charge on any atom is -0.0654 e. The molecule has 0 rings (SSSR count). The van der Waals surface area contributed by atoms with Gasteiger partial charge in [-0.05, 0) is 0 Å². The van der Waals surface area contributed by atoms with Gasteiger partial charge in [-0.3, -0.25) is 0 Å². The summed E-state index contributed by atoms with van der Waals surface area (Å²) in [6.45, 7) is 9.93. The average molecular weight is 583 g/mol. The smallest absolute Gasteiger partial charge is 0.0654 e. The molecule has 0 aliphatic heterocycles. The molecule has 0 amide bonds. The minimum absolute atomic E-state index is 1.37. The molecule has 0 bridgehead atoms. The van der Waals surface area contributed by atoms with Crippen LogP contribution in [0.15, 0.2) is 0 Å². The van der Waals surface area contributed by atoms with Crippen LogP contribution in [-0.2, 0) is 0 Å². The monoisotopic (exact) mass is 582 g/mol. The maximum absolute atomic E-state index is 2.93. The molecule has 0 unspecified atom stereocenters. The minimum atomic E-state index is -1.40. The molecule has 0 fully saturated rings. The Hall–Kier alpha value is 1.16. The Morgan fingerprint density at radius 3 is 0.750 bits per heavy atom. The Kier molecular flexibility index (Phi) is 23.4. The van der Waals surface area contributed by atoms with E-state index in [9.17, 15) is 0 Å². The Bertz CT molecular complexity index is 339. The molecular weight excluding hydrogens is 518 g/mol. The van der Waals surface area contributed by atoms with Gasteiger partial charge in [-0.15, -0.1) is 0 Å². The molecule has 0 aromatic heterocycles. The molecule has 0 spiro atoms. The molecule has 196 valence electrons. The van der Waals surface area contributed by atoms with Crippen molar-refractivity contribution < 1.29 is 0 Å². The van der Waals surface area contributed by atoms with Gasteiger partial charge in [0.15, 0.2) is 0 Å². The summed E-state index contributed by atoms with van der Waals surface area (Å²) in [5.41, 5.74) is 0. The molecule has 0 aromatic rings. The van der Waals surface area contributed by atoms with Crippen LogP contribution in [-0.4, -0.2) is 25.7 Å². The van der Waals surface area contributed by atoms with E-state index in [0.717, 1.165) is 0 Å². The summed E-state index contributed by atoms with van der Waals surface area (Å²) in [4.78, 5) is 0. The Morgan fingerprint density at radius 2 is 0.531 bits per heavy atom. The van der Waals surface area contributed by atoms with E-state index in [1.54, 1.807) is 0 Å². The number of halogens is 1. The molecule has 0 aliphatic carbocycles. The van der Waals surface area contributed by atoms with E-state index >= 15 is 0 Å². The van der Waals surface area contributed by atoms with Crippen molar-refractivity contribution >= 4 is 26.3 Å². The average Bonchev–Trinajstić information content (AvgIpc) is 2.75. The Balaban J connectivity index is 3.46. The van der Waals surface area contributed by atoms with Gasteiger partial charge in [0.1, 0.15) is 0 Å². The Morgan fingerprint density at radius 1 is 0.344 bits per heavy atom. The summed E-state index contributed by atoms with van der Waals surface area (Å²) in [6.07, 6.45) is 38.3. The first-order valence-electron chi connectivity index (χ1n) is 15.1. The zero-order valence-corrected chi connectivity index (χ0v) is 26.3. The van der Waals surface area contributed by atoms with Gasteiger partial charge < -0.3 is 0 Å². The van der Waals surface area contributed by atoms with Gasteiger partial charge in [0.05, 0.1) is 0 Å². The summed E-state index contributed by atoms with van der Waals surface area (Å²) < 4.78 is -1.40. The first-order valence-corrected chi connectivity index (χ1v) is 21.4. The molecular formula is C30H64IP. The van der Waals surface area contributed by atoms with Gasteiger partial charge in [0.2, 0.25) is 0 Å². The van der Waals surface area contributed by atoms with E-state index in [2.05, 4.69) is 49.2 Å². The van der Waals surface area contributed by atoms with Crippen LogP contribution in [0.5, 0.6) is 0 Å². The van der Waals surface area contributed by atoms with E-state index in [1.807, 2.05) is 0 Å². The van der Waals surface area contributed by atoms with Crippen molar-refractivity contribution in [1.29, 1.82) is 0 Å². The van der Waals surface area contributed by atoms with Gasteiger partial charge in [-0.2, -0.15) is 0 Å². The van der Waals surface area contributed by atoms with E-state index < -0.39 is 4.25 Å². The fourth-order valence-corrected chi connectivity index (χ4v) is 9.66. The quantitative estimate of drug-likeness (QED) is 0.0541. The SMILES string of the molecule is CCCCCCCCCCCCCCP(C)(C)(I)CCCCCCCCCCCCCC. The topological polar surface area (TPSA) is 0 Å². The standard InChI is InChI=1S/C30H64IP/c1-5-7-9-11-13-15-17-19-21-23-25-27-29-32(3,4,31)30-28-26-24-22-20-18-16-14-12-10-8-6-2/h5-30H2,1-4H3. The van der Waals surface area contributed by atoms with E-state index in [4.69, 9.17) is 0 Å². The van der Waals surface area contributed by atoms with Crippen molar-refractivity contribution in [1.82, 2.24) is 0 Å². The summed E-state index contributed by atoms with van der Waals surface area (Å²) in [5.74, 6) is 0. The number of hydrogen-bond acceptors (Lipinski definition) is 0. The van der Waals surface area contributed by atoms with Crippen LogP contribution >= 0.6 is 26.3 Å². The van der Waals surface area contributed by atoms with E-state index in [-0.39, 0.29) is 0 Å². The van der Waals surface area contributed by atoms with Crippen molar-refractivity contribution in [3.8, 4) is 0 Å². The molecule has 0 radical (unpaired) electrons. The van der Waals surface area contributed by atoms with Gasteiger partial charge in [0.25, 0.3) is 0 Å². The second-order valence-electron chi connectivity index (χ2n) is 11.7. The zero-order valence-electron chi connectivity index (χ0n) is 23.2. The van der Waals surface area contributed by atoms with E-state index in [1.165, 1.54) is 166 Å². The van der Waals surface area contributed by atoms with Crippen LogP contribution in [0.2, 0.25) is 0 Å². The molecule has 0 nitrogen and oxygen atoms in total. The predicted octanol–water partition coefficient (Wildman–Crippen LogP) is 12.6. The van der Waals surface area contributed by atoms with Crippen LogP contribution in [0, 0.1) is 0 Å². The van der Waals surface area contributed by atoms with Crippen LogP contribution in [0.1, 0.15) is 168 Å². The molecule has 0 aromatic carbocycles. The first-order chi connectivity index (χ1) is 15.4. The van der Waals surface area contributed by atoms with Crippen LogP contribution < -0.4 is 0 Å².